The van der Waals surface area contributed by atoms with Gasteiger partial charge in [0, 0.05) is 29.5 Å². The van der Waals surface area contributed by atoms with E-state index in [1.165, 1.54) is 31.4 Å². The summed E-state index contributed by atoms with van der Waals surface area (Å²) in [4.78, 5) is 12.5. The van der Waals surface area contributed by atoms with Gasteiger partial charge in [-0.2, -0.15) is 5.10 Å². The number of halogens is 4. The number of rotatable bonds is 4. The highest BCUT2D eigenvalue weighted by Crippen LogP contribution is 2.31. The summed E-state index contributed by atoms with van der Waals surface area (Å²) in [5.74, 6) is -1.27. The fourth-order valence-corrected chi connectivity index (χ4v) is 2.74. The van der Waals surface area contributed by atoms with Gasteiger partial charge in [-0.25, -0.2) is 13.2 Å². The van der Waals surface area contributed by atoms with E-state index < -0.39 is 23.8 Å². The van der Waals surface area contributed by atoms with Crippen LogP contribution < -0.4 is 5.32 Å². The Morgan fingerprint density at radius 2 is 2.00 bits per heavy atom. The largest absolute Gasteiger partial charge is 0.321 e. The molecule has 0 aliphatic carbocycles. The Hall–Kier alpha value is -2.80. The Balaban J connectivity index is 1.99. The number of aromatic nitrogens is 2. The molecular formula is C18H13ClF3N3O. The number of aryl methyl sites for hydroxylation is 1. The molecule has 1 heterocycles. The van der Waals surface area contributed by atoms with Gasteiger partial charge in [0.05, 0.1) is 5.56 Å². The van der Waals surface area contributed by atoms with Crippen molar-refractivity contribution < 1.29 is 18.0 Å². The first-order valence-corrected chi connectivity index (χ1v) is 7.91. The summed E-state index contributed by atoms with van der Waals surface area (Å²) in [5, 5.41) is 6.59. The summed E-state index contributed by atoms with van der Waals surface area (Å²) in [6, 6.07) is 10.4. The van der Waals surface area contributed by atoms with Crippen molar-refractivity contribution in [1.29, 1.82) is 0 Å². The first-order valence-electron chi connectivity index (χ1n) is 7.53. The Morgan fingerprint density at radius 1 is 1.23 bits per heavy atom. The van der Waals surface area contributed by atoms with Gasteiger partial charge in [-0.05, 0) is 35.9 Å². The fraction of sp³-hybridized carbons (Fsp3) is 0.111. The molecule has 0 fully saturated rings. The molecule has 0 saturated heterocycles. The van der Waals surface area contributed by atoms with Crippen LogP contribution in [0.2, 0.25) is 5.02 Å². The van der Waals surface area contributed by atoms with E-state index >= 15 is 0 Å². The van der Waals surface area contributed by atoms with Gasteiger partial charge in [-0.3, -0.25) is 9.48 Å². The maximum Gasteiger partial charge on any atom is 0.282 e. The van der Waals surface area contributed by atoms with Crippen molar-refractivity contribution in [2.45, 2.75) is 6.43 Å². The topological polar surface area (TPSA) is 46.9 Å². The third-order valence-corrected chi connectivity index (χ3v) is 3.91. The van der Waals surface area contributed by atoms with Crippen LogP contribution in [0.4, 0.5) is 18.9 Å². The molecule has 26 heavy (non-hydrogen) atoms. The van der Waals surface area contributed by atoms with E-state index in [-0.39, 0.29) is 11.3 Å². The molecule has 134 valence electrons. The van der Waals surface area contributed by atoms with Gasteiger partial charge in [-0.1, -0.05) is 23.7 Å². The number of hydrogen-bond acceptors (Lipinski definition) is 2. The molecule has 0 saturated carbocycles. The molecule has 8 heteroatoms. The van der Waals surface area contributed by atoms with E-state index in [1.807, 2.05) is 0 Å². The van der Waals surface area contributed by atoms with Crippen LogP contribution in [-0.2, 0) is 7.05 Å². The zero-order valence-electron chi connectivity index (χ0n) is 13.5. The van der Waals surface area contributed by atoms with Crippen LogP contribution in [0.25, 0.3) is 11.1 Å². The van der Waals surface area contributed by atoms with Crippen molar-refractivity contribution >= 4 is 23.2 Å². The molecule has 2 aromatic carbocycles. The summed E-state index contributed by atoms with van der Waals surface area (Å²) in [6.07, 6.45) is -1.68. The number of anilines is 1. The van der Waals surface area contributed by atoms with Gasteiger partial charge in [0.2, 0.25) is 0 Å². The normalized spacial score (nSPS) is 11.0. The average molecular weight is 380 g/mol. The predicted molar refractivity (Wildman–Crippen MR) is 93.0 cm³/mol. The lowest BCUT2D eigenvalue weighted by Gasteiger charge is -2.12. The van der Waals surface area contributed by atoms with E-state index in [4.69, 9.17) is 11.6 Å². The minimum atomic E-state index is -2.89. The molecule has 1 N–H and O–H groups in total. The average Bonchev–Trinajstić information content (AvgIpc) is 2.99. The van der Waals surface area contributed by atoms with Crippen LogP contribution in [0.1, 0.15) is 22.5 Å². The van der Waals surface area contributed by atoms with E-state index in [9.17, 15) is 18.0 Å². The van der Waals surface area contributed by atoms with Crippen LogP contribution in [0.5, 0.6) is 0 Å². The Labute approximate surface area is 152 Å². The van der Waals surface area contributed by atoms with E-state index in [0.717, 1.165) is 4.68 Å². The minimum absolute atomic E-state index is 0.246. The van der Waals surface area contributed by atoms with Crippen LogP contribution in [0.15, 0.2) is 48.7 Å². The molecule has 0 atom stereocenters. The predicted octanol–water partition coefficient (Wildman–Crippen LogP) is 5.07. The van der Waals surface area contributed by atoms with Crippen molar-refractivity contribution in [3.63, 3.8) is 0 Å². The number of nitrogens with one attached hydrogen (secondary N) is 1. The molecule has 0 spiro atoms. The second kappa shape index (κ2) is 7.21. The molecule has 0 radical (unpaired) electrons. The van der Waals surface area contributed by atoms with E-state index in [1.54, 1.807) is 24.3 Å². The molecule has 0 unspecified atom stereocenters. The van der Waals surface area contributed by atoms with Crippen molar-refractivity contribution in [3.8, 4) is 11.1 Å². The maximum absolute atomic E-state index is 13.7. The zero-order chi connectivity index (χ0) is 18.8. The number of benzene rings is 2. The van der Waals surface area contributed by atoms with Crippen molar-refractivity contribution in [2.75, 3.05) is 5.32 Å². The lowest BCUT2D eigenvalue weighted by molar-refractivity contribution is 0.101. The molecule has 1 amide bonds. The SMILES string of the molecule is Cn1cc(C(=O)Nc2ccc(F)cc2-c2cccc(Cl)c2)c(C(F)F)n1. The number of carbonyl (C=O) groups excluding carboxylic acids is 1. The van der Waals surface area contributed by atoms with Crippen molar-refractivity contribution in [2.24, 2.45) is 7.05 Å². The van der Waals surface area contributed by atoms with Crippen molar-refractivity contribution in [1.82, 2.24) is 9.78 Å². The van der Waals surface area contributed by atoms with Gasteiger partial charge < -0.3 is 5.32 Å². The molecule has 0 aliphatic heterocycles. The highest BCUT2D eigenvalue weighted by atomic mass is 35.5. The third kappa shape index (κ3) is 3.72. The number of alkyl halides is 2. The zero-order valence-corrected chi connectivity index (χ0v) is 14.3. The first kappa shape index (κ1) is 18.0. The highest BCUT2D eigenvalue weighted by molar-refractivity contribution is 6.30. The number of amides is 1. The minimum Gasteiger partial charge on any atom is -0.321 e. The standard InChI is InChI=1S/C18H13ClF3N3O/c1-25-9-14(16(24-25)17(21)22)18(26)23-15-6-5-12(20)8-13(15)10-3-2-4-11(19)7-10/h2-9,17H,1H3,(H,23,26). The molecule has 4 nitrogen and oxygen atoms in total. The molecule has 3 aromatic rings. The maximum atomic E-state index is 13.7. The highest BCUT2D eigenvalue weighted by Gasteiger charge is 2.23. The second-order valence-corrected chi connectivity index (χ2v) is 5.99. The molecule has 3 rings (SSSR count). The second-order valence-electron chi connectivity index (χ2n) is 5.56. The quantitative estimate of drug-likeness (QED) is 0.688. The molecule has 1 aromatic heterocycles. The Kier molecular flexibility index (Phi) is 4.99. The smallest absolute Gasteiger partial charge is 0.282 e. The van der Waals surface area contributed by atoms with Crippen LogP contribution in [0.3, 0.4) is 0 Å². The fourth-order valence-electron chi connectivity index (χ4n) is 2.55. The van der Waals surface area contributed by atoms with Crippen LogP contribution in [-0.4, -0.2) is 15.7 Å². The number of carbonyl (C=O) groups is 1. The van der Waals surface area contributed by atoms with Crippen molar-refractivity contribution in [3.05, 3.63) is 70.8 Å². The summed E-state index contributed by atoms with van der Waals surface area (Å²) in [6.45, 7) is 0. The van der Waals surface area contributed by atoms with E-state index in [2.05, 4.69) is 10.4 Å². The lowest BCUT2D eigenvalue weighted by atomic mass is 10.0. The monoisotopic (exact) mass is 379 g/mol. The van der Waals surface area contributed by atoms with Gasteiger partial charge in [-0.15, -0.1) is 0 Å². The molecule has 0 bridgehead atoms. The van der Waals surface area contributed by atoms with Gasteiger partial charge in [0.15, 0.2) is 0 Å². The summed E-state index contributed by atoms with van der Waals surface area (Å²) in [7, 11) is 1.44. The Bertz CT molecular complexity index is 972. The first-order chi connectivity index (χ1) is 12.3. The number of nitrogens with zero attached hydrogens (tertiary/aromatic N) is 2. The van der Waals surface area contributed by atoms with Gasteiger partial charge in [0.25, 0.3) is 12.3 Å². The van der Waals surface area contributed by atoms with Gasteiger partial charge >= 0.3 is 0 Å². The summed E-state index contributed by atoms with van der Waals surface area (Å²) in [5.41, 5.74) is 0.360. The van der Waals surface area contributed by atoms with Crippen LogP contribution >= 0.6 is 11.6 Å². The Morgan fingerprint density at radius 3 is 2.69 bits per heavy atom. The van der Waals surface area contributed by atoms with Crippen LogP contribution in [0, 0.1) is 5.82 Å². The third-order valence-electron chi connectivity index (χ3n) is 3.67. The lowest BCUT2D eigenvalue weighted by Crippen LogP contribution is -2.14. The number of hydrogen-bond donors (Lipinski definition) is 1. The molecular weight excluding hydrogens is 367 g/mol. The van der Waals surface area contributed by atoms with E-state index in [0.29, 0.717) is 16.1 Å². The molecule has 0 aliphatic rings. The van der Waals surface area contributed by atoms with Gasteiger partial charge in [0.1, 0.15) is 11.5 Å². The summed E-state index contributed by atoms with van der Waals surface area (Å²) >= 11 is 5.97. The summed E-state index contributed by atoms with van der Waals surface area (Å²) < 4.78 is 41.0.